The van der Waals surface area contributed by atoms with Crippen LogP contribution in [-0.2, 0) is 25.7 Å². The van der Waals surface area contributed by atoms with Gasteiger partial charge in [0.2, 0.25) is 0 Å². The third kappa shape index (κ3) is 4.17. The van der Waals surface area contributed by atoms with Crippen LogP contribution in [0.15, 0.2) is 72.8 Å². The van der Waals surface area contributed by atoms with Crippen molar-refractivity contribution in [2.24, 2.45) is 0 Å². The monoisotopic (exact) mass is 318 g/mol. The minimum Gasteiger partial charge on any atom is -0.504 e. The number of hydrogen-bond donors (Lipinski definition) is 2. The summed E-state index contributed by atoms with van der Waals surface area (Å²) in [6.45, 7) is 0. The minimum atomic E-state index is -0.0403. The molecule has 122 valence electrons. The molecule has 3 rings (SSSR count). The maximum Gasteiger partial charge on any atom is 0.157 e. The molecule has 2 heteroatoms. The largest absolute Gasteiger partial charge is 0.504 e. The summed E-state index contributed by atoms with van der Waals surface area (Å²) in [7, 11) is 0. The zero-order valence-electron chi connectivity index (χ0n) is 13.7. The van der Waals surface area contributed by atoms with Crippen molar-refractivity contribution < 1.29 is 10.2 Å². The molecule has 0 saturated heterocycles. The van der Waals surface area contributed by atoms with Crippen molar-refractivity contribution in [1.29, 1.82) is 0 Å². The Balaban J connectivity index is 1.75. The van der Waals surface area contributed by atoms with Crippen molar-refractivity contribution in [2.75, 3.05) is 0 Å². The predicted octanol–water partition coefficient (Wildman–Crippen LogP) is 4.67. The molecular weight excluding hydrogens is 296 g/mol. The molecular formula is C22H22O2. The van der Waals surface area contributed by atoms with Gasteiger partial charge in [0.05, 0.1) is 0 Å². The molecule has 0 fully saturated rings. The quantitative estimate of drug-likeness (QED) is 0.649. The van der Waals surface area contributed by atoms with Crippen molar-refractivity contribution in [3.63, 3.8) is 0 Å². The smallest absolute Gasteiger partial charge is 0.157 e. The van der Waals surface area contributed by atoms with Gasteiger partial charge in [-0.05, 0) is 60.1 Å². The van der Waals surface area contributed by atoms with Crippen molar-refractivity contribution in [3.8, 4) is 11.5 Å². The van der Waals surface area contributed by atoms with Gasteiger partial charge in [0, 0.05) is 0 Å². The third-order valence-electron chi connectivity index (χ3n) is 4.35. The number of phenolic OH excluding ortho intramolecular Hbond substituents is 2. The van der Waals surface area contributed by atoms with E-state index in [0.29, 0.717) is 0 Å². The van der Waals surface area contributed by atoms with Crippen molar-refractivity contribution >= 4 is 0 Å². The molecule has 0 atom stereocenters. The first-order valence-electron chi connectivity index (χ1n) is 8.34. The highest BCUT2D eigenvalue weighted by atomic mass is 16.3. The van der Waals surface area contributed by atoms with Crippen LogP contribution in [0.5, 0.6) is 11.5 Å². The lowest BCUT2D eigenvalue weighted by atomic mass is 9.95. The molecule has 0 bridgehead atoms. The van der Waals surface area contributed by atoms with Crippen LogP contribution in [0.1, 0.15) is 22.3 Å². The molecule has 0 saturated carbocycles. The van der Waals surface area contributed by atoms with Gasteiger partial charge in [-0.3, -0.25) is 0 Å². The second-order valence-corrected chi connectivity index (χ2v) is 6.08. The average Bonchev–Trinajstić information content (AvgIpc) is 2.63. The molecule has 0 aromatic heterocycles. The van der Waals surface area contributed by atoms with E-state index in [4.69, 9.17) is 0 Å². The summed E-state index contributed by atoms with van der Waals surface area (Å²) in [5.74, 6) is -0.0805. The fraction of sp³-hybridized carbons (Fsp3) is 0.182. The Labute approximate surface area is 143 Å². The van der Waals surface area contributed by atoms with E-state index in [9.17, 15) is 10.2 Å². The van der Waals surface area contributed by atoms with Crippen LogP contribution in [0.3, 0.4) is 0 Å². The SMILES string of the molecule is Oc1cc(CCc2ccccc2)c(CCc2ccccc2)cc1O. The van der Waals surface area contributed by atoms with Crippen LogP contribution in [0.25, 0.3) is 0 Å². The van der Waals surface area contributed by atoms with Gasteiger partial charge in [-0.1, -0.05) is 60.7 Å². The first-order valence-corrected chi connectivity index (χ1v) is 8.34. The van der Waals surface area contributed by atoms with Gasteiger partial charge in [-0.2, -0.15) is 0 Å². The van der Waals surface area contributed by atoms with Gasteiger partial charge in [-0.15, -0.1) is 0 Å². The fourth-order valence-electron chi connectivity index (χ4n) is 2.98. The van der Waals surface area contributed by atoms with Crippen molar-refractivity contribution in [1.82, 2.24) is 0 Å². The van der Waals surface area contributed by atoms with Gasteiger partial charge in [0.15, 0.2) is 11.5 Å². The van der Waals surface area contributed by atoms with Gasteiger partial charge < -0.3 is 10.2 Å². The van der Waals surface area contributed by atoms with Crippen LogP contribution in [0.4, 0.5) is 0 Å². The van der Waals surface area contributed by atoms with E-state index < -0.39 is 0 Å². The Morgan fingerprint density at radius 2 is 0.875 bits per heavy atom. The normalized spacial score (nSPS) is 10.7. The van der Waals surface area contributed by atoms with E-state index in [1.807, 2.05) is 36.4 Å². The summed E-state index contributed by atoms with van der Waals surface area (Å²) < 4.78 is 0. The molecule has 0 aliphatic carbocycles. The Kier molecular flexibility index (Phi) is 5.17. The van der Waals surface area contributed by atoms with Gasteiger partial charge in [-0.25, -0.2) is 0 Å². The molecule has 2 N–H and O–H groups in total. The predicted molar refractivity (Wildman–Crippen MR) is 97.5 cm³/mol. The topological polar surface area (TPSA) is 40.5 Å². The summed E-state index contributed by atoms with van der Waals surface area (Å²) in [5.41, 5.74) is 4.76. The Hall–Kier alpha value is -2.74. The van der Waals surface area contributed by atoms with E-state index >= 15 is 0 Å². The molecule has 0 radical (unpaired) electrons. The minimum absolute atomic E-state index is 0.0403. The van der Waals surface area contributed by atoms with E-state index in [0.717, 1.165) is 36.8 Å². The number of rotatable bonds is 6. The van der Waals surface area contributed by atoms with Crippen LogP contribution in [0.2, 0.25) is 0 Å². The Bertz CT molecular complexity index is 711. The van der Waals surface area contributed by atoms with Gasteiger partial charge in [0.25, 0.3) is 0 Å². The molecule has 0 unspecified atom stereocenters. The molecule has 24 heavy (non-hydrogen) atoms. The molecule has 0 aliphatic heterocycles. The highest BCUT2D eigenvalue weighted by Gasteiger charge is 2.09. The van der Waals surface area contributed by atoms with Crippen molar-refractivity contribution in [3.05, 3.63) is 95.1 Å². The maximum absolute atomic E-state index is 9.86. The summed E-state index contributed by atoms with van der Waals surface area (Å²) in [5, 5.41) is 19.7. The number of phenols is 2. The van der Waals surface area contributed by atoms with E-state index in [-0.39, 0.29) is 11.5 Å². The summed E-state index contributed by atoms with van der Waals surface area (Å²) >= 11 is 0. The van der Waals surface area contributed by atoms with Crippen LogP contribution in [0, 0.1) is 0 Å². The molecule has 0 aliphatic rings. The maximum atomic E-state index is 9.86. The summed E-state index contributed by atoms with van der Waals surface area (Å²) in [4.78, 5) is 0. The molecule has 3 aromatic carbocycles. The summed E-state index contributed by atoms with van der Waals surface area (Å²) in [6, 6.07) is 24.1. The third-order valence-corrected chi connectivity index (χ3v) is 4.35. The number of hydrogen-bond acceptors (Lipinski definition) is 2. The van der Waals surface area contributed by atoms with Crippen LogP contribution >= 0.6 is 0 Å². The lowest BCUT2D eigenvalue weighted by molar-refractivity contribution is 0.402. The number of aromatic hydroxyl groups is 2. The molecule has 3 aromatic rings. The molecule has 0 amide bonds. The van der Waals surface area contributed by atoms with E-state index in [1.54, 1.807) is 12.1 Å². The van der Waals surface area contributed by atoms with Crippen molar-refractivity contribution in [2.45, 2.75) is 25.7 Å². The zero-order chi connectivity index (χ0) is 16.8. The highest BCUT2D eigenvalue weighted by molar-refractivity contribution is 5.46. The highest BCUT2D eigenvalue weighted by Crippen LogP contribution is 2.30. The first-order chi connectivity index (χ1) is 11.7. The first kappa shape index (κ1) is 16.1. The molecule has 2 nitrogen and oxygen atoms in total. The fourth-order valence-corrected chi connectivity index (χ4v) is 2.98. The van der Waals surface area contributed by atoms with Gasteiger partial charge in [0.1, 0.15) is 0 Å². The van der Waals surface area contributed by atoms with E-state index in [1.165, 1.54) is 11.1 Å². The van der Waals surface area contributed by atoms with E-state index in [2.05, 4.69) is 24.3 Å². The molecule has 0 spiro atoms. The second-order valence-electron chi connectivity index (χ2n) is 6.08. The standard InChI is InChI=1S/C22H22O2/c23-21-15-19(13-11-17-7-3-1-4-8-17)20(16-22(21)24)14-12-18-9-5-2-6-10-18/h1-10,15-16,23-24H,11-14H2. The van der Waals surface area contributed by atoms with Crippen LogP contribution in [-0.4, -0.2) is 10.2 Å². The Morgan fingerprint density at radius 1 is 0.500 bits per heavy atom. The van der Waals surface area contributed by atoms with Crippen LogP contribution < -0.4 is 0 Å². The Morgan fingerprint density at radius 3 is 1.25 bits per heavy atom. The lowest BCUT2D eigenvalue weighted by Gasteiger charge is -2.12. The molecule has 0 heterocycles. The average molecular weight is 318 g/mol. The number of benzene rings is 3. The lowest BCUT2D eigenvalue weighted by Crippen LogP contribution is -2.00. The van der Waals surface area contributed by atoms with Gasteiger partial charge >= 0.3 is 0 Å². The second kappa shape index (κ2) is 7.69. The zero-order valence-corrected chi connectivity index (χ0v) is 13.7. The summed E-state index contributed by atoms with van der Waals surface area (Å²) in [6.07, 6.45) is 3.54. The number of aryl methyl sites for hydroxylation is 4.